The van der Waals surface area contributed by atoms with E-state index < -0.39 is 11.6 Å². The van der Waals surface area contributed by atoms with E-state index >= 15 is 0 Å². The Labute approximate surface area is 52.1 Å². The van der Waals surface area contributed by atoms with Crippen molar-refractivity contribution in [1.82, 2.24) is 0 Å². The van der Waals surface area contributed by atoms with Crippen LogP contribution in [0.2, 0.25) is 0 Å². The van der Waals surface area contributed by atoms with E-state index in [4.69, 9.17) is 0 Å². The van der Waals surface area contributed by atoms with Crippen LogP contribution in [0.15, 0.2) is 12.1 Å². The van der Waals surface area contributed by atoms with E-state index in [2.05, 4.69) is 6.07 Å². The number of benzene rings is 1. The topological polar surface area (TPSA) is 0 Å². The lowest BCUT2D eigenvalue weighted by Gasteiger charge is -1.91. The third-order valence-corrected chi connectivity index (χ3v) is 0.991. The van der Waals surface area contributed by atoms with Crippen molar-refractivity contribution in [2.45, 2.75) is 6.92 Å². The van der Waals surface area contributed by atoms with Gasteiger partial charge in [0, 0.05) is 6.07 Å². The molecule has 0 saturated carbocycles. The van der Waals surface area contributed by atoms with E-state index in [1.165, 1.54) is 6.07 Å². The Morgan fingerprint density at radius 2 is 2.11 bits per heavy atom. The van der Waals surface area contributed by atoms with Crippen molar-refractivity contribution in [3.05, 3.63) is 35.4 Å². The molecule has 2 heteroatoms. The molecule has 0 aliphatic carbocycles. The summed E-state index contributed by atoms with van der Waals surface area (Å²) in [7, 11) is 0. The molecule has 0 aliphatic rings. The third kappa shape index (κ3) is 1.25. The van der Waals surface area contributed by atoms with Gasteiger partial charge in [0.1, 0.15) is 0 Å². The molecule has 0 amide bonds. The van der Waals surface area contributed by atoms with Crippen LogP contribution in [0.25, 0.3) is 0 Å². The Morgan fingerprint density at radius 1 is 1.44 bits per heavy atom. The lowest BCUT2D eigenvalue weighted by molar-refractivity contribution is 0.506. The summed E-state index contributed by atoms with van der Waals surface area (Å²) in [5, 5.41) is 0. The number of hydrogen-bond acceptors (Lipinski definition) is 0. The van der Waals surface area contributed by atoms with Crippen molar-refractivity contribution in [3.63, 3.8) is 0 Å². The second kappa shape index (κ2) is 2.13. The zero-order valence-electron chi connectivity index (χ0n) is 4.91. The first-order valence-corrected chi connectivity index (χ1v) is 2.53. The van der Waals surface area contributed by atoms with Gasteiger partial charge in [-0.25, -0.2) is 8.78 Å². The van der Waals surface area contributed by atoms with Crippen molar-refractivity contribution in [2.75, 3.05) is 0 Å². The van der Waals surface area contributed by atoms with E-state index in [1.807, 2.05) is 0 Å². The van der Waals surface area contributed by atoms with Crippen molar-refractivity contribution in [2.24, 2.45) is 0 Å². The number of halogens is 2. The summed E-state index contributed by atoms with van der Waals surface area (Å²) in [5.74, 6) is -1.75. The minimum absolute atomic E-state index is 0.675. The fraction of sp³-hybridized carbons (Fsp3) is 0.143. The van der Waals surface area contributed by atoms with Crippen LogP contribution in [0.3, 0.4) is 0 Å². The molecule has 0 saturated heterocycles. The summed E-state index contributed by atoms with van der Waals surface area (Å²) in [4.78, 5) is 0. The first kappa shape index (κ1) is 6.20. The van der Waals surface area contributed by atoms with E-state index in [-0.39, 0.29) is 0 Å². The summed E-state index contributed by atoms with van der Waals surface area (Å²) in [6, 6.07) is 4.66. The molecule has 0 nitrogen and oxygen atoms in total. The van der Waals surface area contributed by atoms with E-state index in [0.29, 0.717) is 5.56 Å². The summed E-state index contributed by atoms with van der Waals surface area (Å²) in [5.41, 5.74) is 0.675. The number of aryl methyl sites for hydroxylation is 1. The molecule has 0 atom stereocenters. The van der Waals surface area contributed by atoms with Gasteiger partial charge in [0.05, 0.1) is 0 Å². The molecule has 0 heterocycles. The van der Waals surface area contributed by atoms with Crippen LogP contribution in [0.1, 0.15) is 5.56 Å². The van der Waals surface area contributed by atoms with E-state index in [9.17, 15) is 8.78 Å². The molecule has 0 fully saturated rings. The highest BCUT2D eigenvalue weighted by Crippen LogP contribution is 2.05. The van der Waals surface area contributed by atoms with Crippen molar-refractivity contribution in [3.8, 4) is 0 Å². The molecule has 0 unspecified atom stereocenters. The quantitative estimate of drug-likeness (QED) is 0.500. The predicted octanol–water partition coefficient (Wildman–Crippen LogP) is 2.07. The molecular weight excluding hydrogens is 122 g/mol. The van der Waals surface area contributed by atoms with E-state index in [0.717, 1.165) is 6.07 Å². The van der Waals surface area contributed by atoms with Crippen molar-refractivity contribution < 1.29 is 8.78 Å². The van der Waals surface area contributed by atoms with Gasteiger partial charge in [-0.05, 0) is 24.6 Å². The van der Waals surface area contributed by atoms with Gasteiger partial charge in [-0.15, -0.1) is 0 Å². The van der Waals surface area contributed by atoms with Gasteiger partial charge in [0.2, 0.25) is 0 Å². The highest BCUT2D eigenvalue weighted by molar-refractivity contribution is 5.14. The Kier molecular flexibility index (Phi) is 1.47. The maximum atomic E-state index is 12.2. The largest absolute Gasteiger partial charge is 0.204 e. The predicted molar refractivity (Wildman–Crippen MR) is 29.9 cm³/mol. The highest BCUT2D eigenvalue weighted by Gasteiger charge is 1.98. The van der Waals surface area contributed by atoms with Crippen LogP contribution in [0, 0.1) is 24.6 Å². The monoisotopic (exact) mass is 127 g/mol. The summed E-state index contributed by atoms with van der Waals surface area (Å²) in [6.45, 7) is 1.68. The van der Waals surface area contributed by atoms with Crippen LogP contribution in [-0.2, 0) is 0 Å². The average Bonchev–Trinajstić information content (AvgIpc) is 1.80. The fourth-order valence-corrected chi connectivity index (χ4v) is 0.551. The zero-order valence-corrected chi connectivity index (χ0v) is 4.91. The molecule has 1 rings (SSSR count). The second-order valence-corrected chi connectivity index (χ2v) is 1.84. The maximum Gasteiger partial charge on any atom is 0.166 e. The summed E-state index contributed by atoms with van der Waals surface area (Å²) >= 11 is 0. The van der Waals surface area contributed by atoms with Gasteiger partial charge in [-0.1, -0.05) is 0 Å². The summed E-state index contributed by atoms with van der Waals surface area (Å²) in [6.07, 6.45) is 0. The standard InChI is InChI=1S/C7H5F2/c1-5-2-3-6(8)7(9)4-5/h2,4H,1H3. The normalized spacial score (nSPS) is 9.67. The maximum absolute atomic E-state index is 12.2. The van der Waals surface area contributed by atoms with Gasteiger partial charge < -0.3 is 0 Å². The molecular formula is C7H5F2. The van der Waals surface area contributed by atoms with Crippen LogP contribution in [0.5, 0.6) is 0 Å². The first-order valence-electron chi connectivity index (χ1n) is 2.53. The molecule has 0 aliphatic heterocycles. The fourth-order valence-electron chi connectivity index (χ4n) is 0.551. The Balaban J connectivity index is 3.17. The second-order valence-electron chi connectivity index (χ2n) is 1.84. The molecule has 0 bridgehead atoms. The molecule has 1 radical (unpaired) electrons. The van der Waals surface area contributed by atoms with Crippen LogP contribution < -0.4 is 0 Å². The minimum Gasteiger partial charge on any atom is -0.204 e. The highest BCUT2D eigenvalue weighted by atomic mass is 19.2. The van der Waals surface area contributed by atoms with Gasteiger partial charge >= 0.3 is 0 Å². The molecule has 1 aromatic carbocycles. The average molecular weight is 127 g/mol. The molecule has 0 N–H and O–H groups in total. The smallest absolute Gasteiger partial charge is 0.166 e. The van der Waals surface area contributed by atoms with Gasteiger partial charge in [0.25, 0.3) is 0 Å². The summed E-state index contributed by atoms with van der Waals surface area (Å²) < 4.78 is 24.2. The van der Waals surface area contributed by atoms with Crippen LogP contribution in [-0.4, -0.2) is 0 Å². The number of hydrogen-bond donors (Lipinski definition) is 0. The Hall–Kier alpha value is -0.920. The van der Waals surface area contributed by atoms with Crippen LogP contribution >= 0.6 is 0 Å². The minimum atomic E-state index is -0.916. The Bertz CT molecular complexity index is 218. The van der Waals surface area contributed by atoms with Gasteiger partial charge in [-0.3, -0.25) is 0 Å². The molecule has 0 spiro atoms. The molecule has 9 heavy (non-hydrogen) atoms. The molecule has 1 aromatic rings. The SMILES string of the molecule is Cc1c[c]c(F)c(F)c1. The molecule has 0 aromatic heterocycles. The van der Waals surface area contributed by atoms with Gasteiger partial charge in [-0.2, -0.15) is 0 Å². The lowest BCUT2D eigenvalue weighted by Crippen LogP contribution is -1.83. The first-order chi connectivity index (χ1) is 4.20. The van der Waals surface area contributed by atoms with E-state index in [1.54, 1.807) is 6.92 Å². The lowest BCUT2D eigenvalue weighted by atomic mass is 10.2. The van der Waals surface area contributed by atoms with Crippen LogP contribution in [0.4, 0.5) is 8.78 Å². The molecule has 47 valence electrons. The third-order valence-electron chi connectivity index (χ3n) is 0.991. The Morgan fingerprint density at radius 3 is 2.56 bits per heavy atom. The van der Waals surface area contributed by atoms with Crippen molar-refractivity contribution >= 4 is 0 Å². The zero-order chi connectivity index (χ0) is 6.85. The van der Waals surface area contributed by atoms with Crippen molar-refractivity contribution in [1.29, 1.82) is 0 Å². The van der Waals surface area contributed by atoms with Gasteiger partial charge in [0.15, 0.2) is 11.6 Å². The number of rotatable bonds is 0.